The van der Waals surface area contributed by atoms with Crippen molar-refractivity contribution in [2.45, 2.75) is 57.0 Å². The summed E-state index contributed by atoms with van der Waals surface area (Å²) in [7, 11) is 2.12. The zero-order chi connectivity index (χ0) is 13.0. The molecule has 4 nitrogen and oxygen atoms in total. The molecule has 2 aliphatic carbocycles. The zero-order valence-electron chi connectivity index (χ0n) is 11.4. The molecule has 2 aliphatic rings. The maximum atomic E-state index is 11.1. The SMILES string of the molecule is CN(CCC(NC1CC1)C(=O)O)CC1CCCC1. The normalized spacial score (nSPS) is 22.6. The summed E-state index contributed by atoms with van der Waals surface area (Å²) < 4.78 is 0. The molecule has 4 heteroatoms. The van der Waals surface area contributed by atoms with Crippen LogP contribution >= 0.6 is 0 Å². The molecule has 1 atom stereocenters. The van der Waals surface area contributed by atoms with Gasteiger partial charge in [0.1, 0.15) is 6.04 Å². The van der Waals surface area contributed by atoms with E-state index in [0.717, 1.165) is 38.3 Å². The molecule has 2 fully saturated rings. The molecular weight excluding hydrogens is 228 g/mol. The summed E-state index contributed by atoms with van der Waals surface area (Å²) in [6.07, 6.45) is 8.46. The van der Waals surface area contributed by atoms with Crippen LogP contribution in [0.5, 0.6) is 0 Å². The predicted octanol–water partition coefficient (Wildman–Crippen LogP) is 1.70. The summed E-state index contributed by atoms with van der Waals surface area (Å²) in [6, 6.07) is 0.106. The molecule has 18 heavy (non-hydrogen) atoms. The van der Waals surface area contributed by atoms with Crippen molar-refractivity contribution in [1.82, 2.24) is 10.2 Å². The van der Waals surface area contributed by atoms with E-state index in [1.54, 1.807) is 0 Å². The third kappa shape index (κ3) is 4.58. The first-order valence-corrected chi connectivity index (χ1v) is 7.32. The van der Waals surface area contributed by atoms with E-state index in [0.29, 0.717) is 6.04 Å². The molecule has 0 aromatic rings. The van der Waals surface area contributed by atoms with Crippen LogP contribution in [0.2, 0.25) is 0 Å². The second kappa shape index (κ2) is 6.53. The smallest absolute Gasteiger partial charge is 0.320 e. The maximum absolute atomic E-state index is 11.1. The number of carboxylic acids is 1. The summed E-state index contributed by atoms with van der Waals surface area (Å²) in [5.74, 6) is 0.144. The quantitative estimate of drug-likeness (QED) is 0.692. The Balaban J connectivity index is 1.65. The van der Waals surface area contributed by atoms with Crippen molar-refractivity contribution in [2.24, 2.45) is 5.92 Å². The molecule has 0 spiro atoms. The number of carbonyl (C=O) groups is 1. The molecule has 2 N–H and O–H groups in total. The summed E-state index contributed by atoms with van der Waals surface area (Å²) in [6.45, 7) is 2.02. The van der Waals surface area contributed by atoms with Crippen LogP contribution in [0.25, 0.3) is 0 Å². The Kier molecular flexibility index (Phi) is 5.01. The monoisotopic (exact) mass is 254 g/mol. The van der Waals surface area contributed by atoms with E-state index in [-0.39, 0.29) is 6.04 Å². The van der Waals surface area contributed by atoms with Crippen LogP contribution in [0.4, 0.5) is 0 Å². The molecule has 0 bridgehead atoms. The van der Waals surface area contributed by atoms with E-state index in [2.05, 4.69) is 17.3 Å². The Labute approximate surface area is 110 Å². The van der Waals surface area contributed by atoms with Gasteiger partial charge in [0.25, 0.3) is 0 Å². The van der Waals surface area contributed by atoms with E-state index in [1.807, 2.05) is 0 Å². The molecular formula is C14H26N2O2. The lowest BCUT2D eigenvalue weighted by Crippen LogP contribution is -2.41. The van der Waals surface area contributed by atoms with Gasteiger partial charge < -0.3 is 15.3 Å². The van der Waals surface area contributed by atoms with Crippen LogP contribution in [-0.4, -0.2) is 48.2 Å². The number of nitrogens with zero attached hydrogens (tertiary/aromatic N) is 1. The molecule has 0 radical (unpaired) electrons. The van der Waals surface area contributed by atoms with E-state index >= 15 is 0 Å². The number of aliphatic carboxylic acids is 1. The van der Waals surface area contributed by atoms with Gasteiger partial charge in [0.05, 0.1) is 0 Å². The average molecular weight is 254 g/mol. The highest BCUT2D eigenvalue weighted by molar-refractivity contribution is 5.73. The molecule has 0 heterocycles. The summed E-state index contributed by atoms with van der Waals surface area (Å²) in [4.78, 5) is 13.4. The van der Waals surface area contributed by atoms with Crippen molar-refractivity contribution >= 4 is 5.97 Å². The van der Waals surface area contributed by atoms with Gasteiger partial charge in [-0.3, -0.25) is 4.79 Å². The fourth-order valence-electron chi connectivity index (χ4n) is 2.89. The van der Waals surface area contributed by atoms with E-state index in [1.165, 1.54) is 25.7 Å². The minimum Gasteiger partial charge on any atom is -0.480 e. The van der Waals surface area contributed by atoms with Gasteiger partial charge in [-0.25, -0.2) is 0 Å². The lowest BCUT2D eigenvalue weighted by Gasteiger charge is -2.22. The highest BCUT2D eigenvalue weighted by Gasteiger charge is 2.28. The largest absolute Gasteiger partial charge is 0.480 e. The fraction of sp³-hybridized carbons (Fsp3) is 0.929. The zero-order valence-corrected chi connectivity index (χ0v) is 11.4. The summed E-state index contributed by atoms with van der Waals surface area (Å²) in [5.41, 5.74) is 0. The van der Waals surface area contributed by atoms with Gasteiger partial charge in [-0.1, -0.05) is 12.8 Å². The molecule has 0 saturated heterocycles. The number of hydrogen-bond donors (Lipinski definition) is 2. The predicted molar refractivity (Wildman–Crippen MR) is 71.7 cm³/mol. The van der Waals surface area contributed by atoms with Crippen LogP contribution in [0, 0.1) is 5.92 Å². The van der Waals surface area contributed by atoms with Gasteiger partial charge in [0, 0.05) is 12.6 Å². The Morgan fingerprint density at radius 2 is 2.00 bits per heavy atom. The van der Waals surface area contributed by atoms with Crippen molar-refractivity contribution in [3.63, 3.8) is 0 Å². The second-order valence-corrected chi connectivity index (χ2v) is 6.03. The molecule has 0 aromatic carbocycles. The first kappa shape index (κ1) is 13.8. The van der Waals surface area contributed by atoms with E-state index in [9.17, 15) is 4.79 Å². The van der Waals surface area contributed by atoms with Crippen molar-refractivity contribution in [1.29, 1.82) is 0 Å². The van der Waals surface area contributed by atoms with E-state index in [4.69, 9.17) is 5.11 Å². The number of carboxylic acid groups (broad SMARTS) is 1. The summed E-state index contributed by atoms with van der Waals surface area (Å²) >= 11 is 0. The van der Waals surface area contributed by atoms with Gasteiger partial charge >= 0.3 is 5.97 Å². The molecule has 0 aromatic heterocycles. The second-order valence-electron chi connectivity index (χ2n) is 6.03. The fourth-order valence-corrected chi connectivity index (χ4v) is 2.89. The van der Waals surface area contributed by atoms with Crippen molar-refractivity contribution < 1.29 is 9.90 Å². The number of hydrogen-bond acceptors (Lipinski definition) is 3. The van der Waals surface area contributed by atoms with Crippen molar-refractivity contribution in [2.75, 3.05) is 20.1 Å². The van der Waals surface area contributed by atoms with Crippen LogP contribution in [0.15, 0.2) is 0 Å². The molecule has 1 unspecified atom stereocenters. The molecule has 0 aliphatic heterocycles. The van der Waals surface area contributed by atoms with E-state index < -0.39 is 5.97 Å². The standard InChI is InChI=1S/C14H26N2O2/c1-16(10-11-4-2-3-5-11)9-8-13(14(17)18)15-12-6-7-12/h11-13,15H,2-10H2,1H3,(H,17,18). The Morgan fingerprint density at radius 1 is 1.33 bits per heavy atom. The maximum Gasteiger partial charge on any atom is 0.320 e. The van der Waals surface area contributed by atoms with Gasteiger partial charge in [-0.2, -0.15) is 0 Å². The van der Waals surface area contributed by atoms with Gasteiger partial charge in [0.15, 0.2) is 0 Å². The van der Waals surface area contributed by atoms with Crippen LogP contribution in [-0.2, 0) is 4.79 Å². The summed E-state index contributed by atoms with van der Waals surface area (Å²) in [5, 5.41) is 12.4. The minimum atomic E-state index is -0.698. The molecule has 0 amide bonds. The molecule has 104 valence electrons. The Hall–Kier alpha value is -0.610. The van der Waals surface area contributed by atoms with Crippen molar-refractivity contribution in [3.05, 3.63) is 0 Å². The lowest BCUT2D eigenvalue weighted by molar-refractivity contribution is -0.139. The topological polar surface area (TPSA) is 52.6 Å². The average Bonchev–Trinajstić information content (AvgIpc) is 3.00. The Bertz CT molecular complexity index is 273. The minimum absolute atomic E-state index is 0.358. The van der Waals surface area contributed by atoms with Crippen LogP contribution in [0.3, 0.4) is 0 Å². The highest BCUT2D eigenvalue weighted by atomic mass is 16.4. The van der Waals surface area contributed by atoms with Crippen LogP contribution in [0.1, 0.15) is 44.9 Å². The van der Waals surface area contributed by atoms with Crippen molar-refractivity contribution in [3.8, 4) is 0 Å². The molecule has 2 saturated carbocycles. The Morgan fingerprint density at radius 3 is 2.56 bits per heavy atom. The highest BCUT2D eigenvalue weighted by Crippen LogP contribution is 2.25. The lowest BCUT2D eigenvalue weighted by atomic mass is 10.1. The van der Waals surface area contributed by atoms with Crippen LogP contribution < -0.4 is 5.32 Å². The first-order valence-electron chi connectivity index (χ1n) is 7.32. The first-order chi connectivity index (χ1) is 8.65. The third-order valence-electron chi connectivity index (χ3n) is 4.16. The number of rotatable bonds is 8. The van der Waals surface area contributed by atoms with Gasteiger partial charge in [-0.05, 0) is 51.6 Å². The number of nitrogens with one attached hydrogen (secondary N) is 1. The van der Waals surface area contributed by atoms with Gasteiger partial charge in [-0.15, -0.1) is 0 Å². The molecule has 2 rings (SSSR count). The van der Waals surface area contributed by atoms with Gasteiger partial charge in [0.2, 0.25) is 0 Å². The third-order valence-corrected chi connectivity index (χ3v) is 4.16.